The van der Waals surface area contributed by atoms with Crippen LogP contribution in [0.3, 0.4) is 0 Å². The van der Waals surface area contributed by atoms with Crippen molar-refractivity contribution in [2.24, 2.45) is 0 Å². The van der Waals surface area contributed by atoms with Gasteiger partial charge in [-0.1, -0.05) is 23.9 Å². The number of hydrogen-bond acceptors (Lipinski definition) is 3. The third-order valence-corrected chi connectivity index (χ3v) is 2.46. The molecule has 4 heteroatoms. The SMILES string of the molecule is CC(=O)Sc1ccc(CC(=O)Cl)cc1. The molecule has 0 aliphatic heterocycles. The highest BCUT2D eigenvalue weighted by molar-refractivity contribution is 8.13. The standard InChI is InChI=1S/C10H9ClO2S/c1-7(12)14-9-4-2-8(3-5-9)6-10(11)13/h2-5H,6H2,1H3. The molecule has 0 N–H and O–H groups in total. The van der Waals surface area contributed by atoms with Crippen LogP contribution in [-0.2, 0) is 16.0 Å². The summed E-state index contributed by atoms with van der Waals surface area (Å²) in [4.78, 5) is 22.2. The summed E-state index contributed by atoms with van der Waals surface area (Å²) in [5.41, 5.74) is 0.859. The van der Waals surface area contributed by atoms with E-state index in [9.17, 15) is 9.59 Å². The van der Waals surface area contributed by atoms with Crippen LogP contribution in [0, 0.1) is 0 Å². The fraction of sp³-hybridized carbons (Fsp3) is 0.200. The Morgan fingerprint density at radius 1 is 1.29 bits per heavy atom. The molecule has 0 aliphatic carbocycles. The van der Waals surface area contributed by atoms with E-state index in [0.717, 1.165) is 10.5 Å². The lowest BCUT2D eigenvalue weighted by molar-refractivity contribution is -0.111. The molecule has 0 unspecified atom stereocenters. The molecule has 0 aliphatic rings. The lowest BCUT2D eigenvalue weighted by Gasteiger charge is -1.99. The zero-order valence-corrected chi connectivity index (χ0v) is 9.19. The Bertz CT molecular complexity index is 311. The molecule has 0 spiro atoms. The lowest BCUT2D eigenvalue weighted by Crippen LogP contribution is -1.92. The van der Waals surface area contributed by atoms with Crippen LogP contribution >= 0.6 is 23.4 Å². The molecule has 2 nitrogen and oxygen atoms in total. The van der Waals surface area contributed by atoms with E-state index in [1.165, 1.54) is 18.7 Å². The summed E-state index contributed by atoms with van der Waals surface area (Å²) in [5, 5.41) is -0.330. The van der Waals surface area contributed by atoms with Crippen molar-refractivity contribution >= 4 is 33.7 Å². The summed E-state index contributed by atoms with van der Waals surface area (Å²) in [6, 6.07) is 7.21. The smallest absolute Gasteiger partial charge is 0.226 e. The molecule has 0 saturated carbocycles. The second kappa shape index (κ2) is 5.17. The molecule has 0 radical (unpaired) electrons. The zero-order chi connectivity index (χ0) is 10.6. The molecule has 14 heavy (non-hydrogen) atoms. The van der Waals surface area contributed by atoms with Crippen LogP contribution < -0.4 is 0 Å². The predicted octanol–water partition coefficient (Wildman–Crippen LogP) is 2.63. The summed E-state index contributed by atoms with van der Waals surface area (Å²) in [5.74, 6) is 0. The quantitative estimate of drug-likeness (QED) is 0.589. The van der Waals surface area contributed by atoms with Gasteiger partial charge < -0.3 is 0 Å². The summed E-state index contributed by atoms with van der Waals surface area (Å²) in [6.07, 6.45) is 0.229. The monoisotopic (exact) mass is 228 g/mol. The fourth-order valence-corrected chi connectivity index (χ4v) is 1.76. The molecule has 0 amide bonds. The van der Waals surface area contributed by atoms with Gasteiger partial charge in [-0.15, -0.1) is 0 Å². The van der Waals surface area contributed by atoms with E-state index in [-0.39, 0.29) is 16.8 Å². The minimum atomic E-state index is -0.378. The van der Waals surface area contributed by atoms with Gasteiger partial charge in [0.25, 0.3) is 0 Å². The molecule has 1 rings (SSSR count). The predicted molar refractivity (Wildman–Crippen MR) is 57.5 cm³/mol. The second-order valence-corrected chi connectivity index (χ2v) is 4.44. The average molecular weight is 229 g/mol. The van der Waals surface area contributed by atoms with Crippen molar-refractivity contribution in [1.29, 1.82) is 0 Å². The van der Waals surface area contributed by atoms with Crippen molar-refractivity contribution in [3.63, 3.8) is 0 Å². The largest absolute Gasteiger partial charge is 0.287 e. The average Bonchev–Trinajstić information content (AvgIpc) is 2.06. The third-order valence-electron chi connectivity index (χ3n) is 1.53. The topological polar surface area (TPSA) is 34.1 Å². The van der Waals surface area contributed by atoms with E-state index >= 15 is 0 Å². The maximum absolute atomic E-state index is 10.8. The van der Waals surface area contributed by atoms with E-state index in [4.69, 9.17) is 11.6 Å². The zero-order valence-electron chi connectivity index (χ0n) is 7.62. The van der Waals surface area contributed by atoms with Crippen molar-refractivity contribution in [3.8, 4) is 0 Å². The molecule has 0 aromatic heterocycles. The second-order valence-electron chi connectivity index (χ2n) is 2.77. The highest BCUT2D eigenvalue weighted by atomic mass is 35.5. The Kier molecular flexibility index (Phi) is 4.17. The van der Waals surface area contributed by atoms with E-state index in [1.807, 2.05) is 0 Å². The molecule has 0 bridgehead atoms. The van der Waals surface area contributed by atoms with E-state index in [0.29, 0.717) is 0 Å². The molecule has 0 saturated heterocycles. The van der Waals surface area contributed by atoms with Gasteiger partial charge in [0.05, 0.1) is 0 Å². The van der Waals surface area contributed by atoms with E-state index < -0.39 is 0 Å². The van der Waals surface area contributed by atoms with Gasteiger partial charge in [0.1, 0.15) is 0 Å². The Balaban J connectivity index is 2.68. The number of hydrogen-bond donors (Lipinski definition) is 0. The maximum atomic E-state index is 10.8. The van der Waals surface area contributed by atoms with E-state index in [2.05, 4.69) is 0 Å². The third kappa shape index (κ3) is 3.94. The Morgan fingerprint density at radius 2 is 1.86 bits per heavy atom. The molecule has 74 valence electrons. The van der Waals surface area contributed by atoms with Crippen molar-refractivity contribution in [1.82, 2.24) is 0 Å². The number of rotatable bonds is 3. The number of benzene rings is 1. The van der Waals surface area contributed by atoms with Crippen molar-refractivity contribution in [2.45, 2.75) is 18.2 Å². The van der Waals surface area contributed by atoms with Crippen LogP contribution in [0.15, 0.2) is 29.2 Å². The Labute approximate surface area is 91.6 Å². The summed E-state index contributed by atoms with van der Waals surface area (Å²) in [6.45, 7) is 1.51. The normalized spacial score (nSPS) is 9.86. The number of carbonyl (C=O) groups is 2. The minimum Gasteiger partial charge on any atom is -0.287 e. The van der Waals surface area contributed by atoms with Gasteiger partial charge in [0.2, 0.25) is 5.24 Å². The minimum absolute atomic E-state index is 0.0474. The van der Waals surface area contributed by atoms with Crippen LogP contribution in [0.1, 0.15) is 12.5 Å². The molecular formula is C10H9ClO2S. The van der Waals surface area contributed by atoms with Gasteiger partial charge in [-0.05, 0) is 29.3 Å². The van der Waals surface area contributed by atoms with Crippen LogP contribution in [0.2, 0.25) is 0 Å². The fourth-order valence-electron chi connectivity index (χ4n) is 1.00. The van der Waals surface area contributed by atoms with Gasteiger partial charge in [-0.3, -0.25) is 9.59 Å². The summed E-state index contributed by atoms with van der Waals surface area (Å²) < 4.78 is 0. The van der Waals surface area contributed by atoms with Crippen LogP contribution in [-0.4, -0.2) is 10.4 Å². The number of halogens is 1. The van der Waals surface area contributed by atoms with E-state index in [1.54, 1.807) is 24.3 Å². The van der Waals surface area contributed by atoms with Gasteiger partial charge in [-0.25, -0.2) is 0 Å². The molecule has 1 aromatic rings. The first-order valence-electron chi connectivity index (χ1n) is 4.03. The van der Waals surface area contributed by atoms with Gasteiger partial charge >= 0.3 is 0 Å². The molecular weight excluding hydrogens is 220 g/mol. The van der Waals surface area contributed by atoms with Gasteiger partial charge in [0, 0.05) is 18.2 Å². The van der Waals surface area contributed by atoms with Crippen molar-refractivity contribution < 1.29 is 9.59 Å². The Morgan fingerprint density at radius 3 is 2.29 bits per heavy atom. The highest BCUT2D eigenvalue weighted by Gasteiger charge is 2.01. The lowest BCUT2D eigenvalue weighted by atomic mass is 10.2. The van der Waals surface area contributed by atoms with Gasteiger partial charge in [-0.2, -0.15) is 0 Å². The summed E-state index contributed by atoms with van der Waals surface area (Å²) in [7, 11) is 0. The highest BCUT2D eigenvalue weighted by Crippen LogP contribution is 2.19. The Hall–Kier alpha value is -0.800. The number of thioether (sulfide) groups is 1. The molecule has 0 fully saturated rings. The maximum Gasteiger partial charge on any atom is 0.226 e. The van der Waals surface area contributed by atoms with Crippen LogP contribution in [0.5, 0.6) is 0 Å². The molecule has 0 atom stereocenters. The first-order chi connectivity index (χ1) is 6.58. The van der Waals surface area contributed by atoms with Crippen molar-refractivity contribution in [3.05, 3.63) is 29.8 Å². The number of carbonyl (C=O) groups excluding carboxylic acids is 2. The van der Waals surface area contributed by atoms with Crippen LogP contribution in [0.25, 0.3) is 0 Å². The van der Waals surface area contributed by atoms with Crippen molar-refractivity contribution in [2.75, 3.05) is 0 Å². The molecule has 0 heterocycles. The first-order valence-corrected chi connectivity index (χ1v) is 5.23. The van der Waals surface area contributed by atoms with Crippen LogP contribution in [0.4, 0.5) is 0 Å². The van der Waals surface area contributed by atoms with Gasteiger partial charge in [0.15, 0.2) is 5.12 Å². The first kappa shape index (κ1) is 11.3. The summed E-state index contributed by atoms with van der Waals surface area (Å²) >= 11 is 6.41. The molecule has 1 aromatic carbocycles.